The molecular formula is C28H34N8O2. The van der Waals surface area contributed by atoms with Crippen LogP contribution in [0.4, 0.5) is 23.0 Å². The van der Waals surface area contributed by atoms with E-state index in [0.717, 1.165) is 43.1 Å². The largest absolute Gasteiger partial charge is 0.494 e. The molecule has 1 saturated heterocycles. The number of nitrogen functional groups attached to an aromatic ring is 1. The minimum absolute atomic E-state index is 0.0666. The Morgan fingerprint density at radius 2 is 1.84 bits per heavy atom. The number of nitrogens with zero attached hydrogens (tertiary/aromatic N) is 6. The fourth-order valence-electron chi connectivity index (χ4n) is 4.79. The Morgan fingerprint density at radius 3 is 2.53 bits per heavy atom. The molecule has 2 aromatic heterocycles. The van der Waals surface area contributed by atoms with Crippen molar-refractivity contribution in [3.05, 3.63) is 64.2 Å². The van der Waals surface area contributed by atoms with Crippen LogP contribution >= 0.6 is 0 Å². The van der Waals surface area contributed by atoms with Crippen LogP contribution < -0.4 is 26.2 Å². The molecule has 0 spiro atoms. The van der Waals surface area contributed by atoms with Crippen LogP contribution in [0.15, 0.2) is 47.4 Å². The standard InChI is InChI=1S/C28H34N8O2/c1-17(2)25-27(37)36(20-8-6-7-19(29)14-20)26-22(31-25)16-30-28(33-26)32-21-13-18(3)23(15-24(21)38-5)35-11-9-34(4)10-12-35/h6-8,13-17H,9-12,29H2,1-5H3,(H,30,32,33). The van der Waals surface area contributed by atoms with E-state index in [2.05, 4.69) is 45.1 Å². The van der Waals surface area contributed by atoms with Gasteiger partial charge in [0.25, 0.3) is 5.56 Å². The summed E-state index contributed by atoms with van der Waals surface area (Å²) in [5, 5.41) is 3.30. The number of hydrogen-bond donors (Lipinski definition) is 2. The number of likely N-dealkylation sites (N-methyl/N-ethyl adjacent to an activating group) is 1. The molecule has 0 bridgehead atoms. The zero-order chi connectivity index (χ0) is 27.0. The predicted octanol–water partition coefficient (Wildman–Crippen LogP) is 3.69. The van der Waals surface area contributed by atoms with Crippen molar-refractivity contribution in [1.82, 2.24) is 24.4 Å². The van der Waals surface area contributed by atoms with Crippen LogP contribution in [-0.4, -0.2) is 64.8 Å². The average Bonchev–Trinajstić information content (AvgIpc) is 2.89. The SMILES string of the molecule is COc1cc(N2CCN(C)CC2)c(C)cc1Nc1ncc2nc(C(C)C)c(=O)n(-c3cccc(N)c3)c2n1. The molecule has 1 aliphatic rings. The molecule has 10 nitrogen and oxygen atoms in total. The van der Waals surface area contributed by atoms with Crippen molar-refractivity contribution in [3.8, 4) is 11.4 Å². The number of ether oxygens (including phenoxy) is 1. The van der Waals surface area contributed by atoms with Crippen LogP contribution in [0, 0.1) is 6.92 Å². The predicted molar refractivity (Wildman–Crippen MR) is 152 cm³/mol. The Kier molecular flexibility index (Phi) is 6.90. The maximum Gasteiger partial charge on any atom is 0.278 e. The Hall–Kier alpha value is -4.18. The monoisotopic (exact) mass is 514 g/mol. The molecule has 3 heterocycles. The highest BCUT2D eigenvalue weighted by Gasteiger charge is 2.20. The van der Waals surface area contributed by atoms with Crippen LogP contribution in [0.1, 0.15) is 31.0 Å². The molecule has 3 N–H and O–H groups in total. The highest BCUT2D eigenvalue weighted by Crippen LogP contribution is 2.35. The number of aryl methyl sites for hydroxylation is 1. The number of aromatic nitrogens is 4. The number of anilines is 4. The summed E-state index contributed by atoms with van der Waals surface area (Å²) in [7, 11) is 3.80. The summed E-state index contributed by atoms with van der Waals surface area (Å²) in [5.41, 5.74) is 11.4. The second-order valence-electron chi connectivity index (χ2n) is 10.0. The van der Waals surface area contributed by atoms with Crippen LogP contribution in [-0.2, 0) is 0 Å². The molecule has 198 valence electrons. The first-order valence-electron chi connectivity index (χ1n) is 12.8. The lowest BCUT2D eigenvalue weighted by atomic mass is 10.1. The highest BCUT2D eigenvalue weighted by atomic mass is 16.5. The van der Waals surface area contributed by atoms with Crippen molar-refractivity contribution in [1.29, 1.82) is 0 Å². The molecule has 0 amide bonds. The van der Waals surface area contributed by atoms with Gasteiger partial charge in [-0.25, -0.2) is 9.97 Å². The summed E-state index contributed by atoms with van der Waals surface area (Å²) < 4.78 is 7.30. The molecule has 2 aromatic carbocycles. The molecule has 0 unspecified atom stereocenters. The topological polar surface area (TPSA) is 114 Å². The Morgan fingerprint density at radius 1 is 1.08 bits per heavy atom. The fraction of sp³-hybridized carbons (Fsp3) is 0.357. The summed E-state index contributed by atoms with van der Waals surface area (Å²) in [6.07, 6.45) is 1.64. The third-order valence-corrected chi connectivity index (χ3v) is 6.91. The lowest BCUT2D eigenvalue weighted by molar-refractivity contribution is 0.312. The second-order valence-corrected chi connectivity index (χ2v) is 10.0. The Bertz CT molecular complexity index is 1540. The van der Waals surface area contributed by atoms with Crippen molar-refractivity contribution >= 4 is 34.2 Å². The number of piperazine rings is 1. The van der Waals surface area contributed by atoms with E-state index < -0.39 is 0 Å². The molecule has 1 fully saturated rings. The minimum Gasteiger partial charge on any atom is -0.494 e. The number of fused-ring (bicyclic) bond motifs is 1. The maximum absolute atomic E-state index is 13.5. The quantitative estimate of drug-likeness (QED) is 0.372. The zero-order valence-corrected chi connectivity index (χ0v) is 22.5. The van der Waals surface area contributed by atoms with Gasteiger partial charge in [0, 0.05) is 49.5 Å². The minimum atomic E-state index is -0.229. The zero-order valence-electron chi connectivity index (χ0n) is 22.5. The third kappa shape index (κ3) is 4.87. The van der Waals surface area contributed by atoms with Gasteiger partial charge in [-0.2, -0.15) is 4.98 Å². The van der Waals surface area contributed by atoms with Crippen LogP contribution in [0.3, 0.4) is 0 Å². The van der Waals surface area contributed by atoms with Gasteiger partial charge in [0.2, 0.25) is 5.95 Å². The summed E-state index contributed by atoms with van der Waals surface area (Å²) in [4.78, 5) is 32.1. The molecule has 0 atom stereocenters. The number of nitrogens with one attached hydrogen (secondary N) is 1. The smallest absolute Gasteiger partial charge is 0.278 e. The molecule has 0 saturated carbocycles. The first kappa shape index (κ1) is 25.5. The van der Waals surface area contributed by atoms with Crippen molar-refractivity contribution in [3.63, 3.8) is 0 Å². The molecule has 10 heteroatoms. The highest BCUT2D eigenvalue weighted by molar-refractivity contribution is 5.76. The fourth-order valence-corrected chi connectivity index (χ4v) is 4.79. The Labute approximate surface area is 222 Å². The van der Waals surface area contributed by atoms with Gasteiger partial charge in [0.1, 0.15) is 17.0 Å². The van der Waals surface area contributed by atoms with E-state index in [1.165, 1.54) is 0 Å². The second kappa shape index (κ2) is 10.3. The van der Waals surface area contributed by atoms with Gasteiger partial charge >= 0.3 is 0 Å². The molecule has 38 heavy (non-hydrogen) atoms. The van der Waals surface area contributed by atoms with Gasteiger partial charge in [-0.1, -0.05) is 19.9 Å². The molecular weight excluding hydrogens is 480 g/mol. The summed E-state index contributed by atoms with van der Waals surface area (Å²) in [5.74, 6) is 0.955. The molecule has 5 rings (SSSR count). The molecule has 4 aromatic rings. The lowest BCUT2D eigenvalue weighted by Gasteiger charge is -2.35. The van der Waals surface area contributed by atoms with Crippen LogP contribution in [0.2, 0.25) is 0 Å². The van der Waals surface area contributed by atoms with E-state index in [-0.39, 0.29) is 11.5 Å². The van der Waals surface area contributed by atoms with Gasteiger partial charge < -0.3 is 25.6 Å². The Balaban J connectivity index is 1.57. The average molecular weight is 515 g/mol. The van der Waals surface area contributed by atoms with Crippen LogP contribution in [0.5, 0.6) is 5.75 Å². The third-order valence-electron chi connectivity index (χ3n) is 6.91. The molecule has 0 radical (unpaired) electrons. The molecule has 1 aliphatic heterocycles. The van der Waals surface area contributed by atoms with Crippen molar-refractivity contribution in [2.45, 2.75) is 26.7 Å². The molecule has 0 aliphatic carbocycles. The first-order chi connectivity index (χ1) is 18.2. The van der Waals surface area contributed by atoms with Crippen molar-refractivity contribution in [2.75, 3.05) is 56.3 Å². The van der Waals surface area contributed by atoms with Crippen molar-refractivity contribution in [2.24, 2.45) is 0 Å². The number of benzene rings is 2. The number of methoxy groups -OCH3 is 1. The number of nitrogens with two attached hydrogens (primary N) is 1. The van der Waals surface area contributed by atoms with E-state index in [0.29, 0.717) is 39.9 Å². The van der Waals surface area contributed by atoms with Crippen molar-refractivity contribution < 1.29 is 4.74 Å². The van der Waals surface area contributed by atoms with E-state index in [4.69, 9.17) is 15.5 Å². The van der Waals surface area contributed by atoms with E-state index in [9.17, 15) is 4.79 Å². The van der Waals surface area contributed by atoms with E-state index in [1.807, 2.05) is 32.0 Å². The van der Waals surface area contributed by atoms with Gasteiger partial charge in [-0.3, -0.25) is 9.36 Å². The summed E-state index contributed by atoms with van der Waals surface area (Å²) in [6, 6.07) is 11.3. The maximum atomic E-state index is 13.5. The van der Waals surface area contributed by atoms with E-state index in [1.54, 1.807) is 30.0 Å². The summed E-state index contributed by atoms with van der Waals surface area (Å²) in [6.45, 7) is 9.95. The lowest BCUT2D eigenvalue weighted by Crippen LogP contribution is -2.44. The van der Waals surface area contributed by atoms with Crippen LogP contribution in [0.25, 0.3) is 16.9 Å². The first-order valence-corrected chi connectivity index (χ1v) is 12.8. The van der Waals surface area contributed by atoms with Gasteiger partial charge in [0.05, 0.1) is 24.7 Å². The normalized spacial score (nSPS) is 14.3. The van der Waals surface area contributed by atoms with Gasteiger partial charge in [-0.15, -0.1) is 0 Å². The summed E-state index contributed by atoms with van der Waals surface area (Å²) >= 11 is 0. The van der Waals surface area contributed by atoms with E-state index >= 15 is 0 Å². The van der Waals surface area contributed by atoms with Gasteiger partial charge in [0.15, 0.2) is 5.65 Å². The number of rotatable bonds is 6. The van der Waals surface area contributed by atoms with Gasteiger partial charge in [-0.05, 0) is 43.8 Å². The number of hydrogen-bond acceptors (Lipinski definition) is 9.